The number of fused-ring (bicyclic) bond motifs is 1. The average molecular weight is 236 g/mol. The third-order valence-corrected chi connectivity index (χ3v) is 2.86. The minimum atomic E-state index is 0.0695. The van der Waals surface area contributed by atoms with Crippen LogP contribution in [0.25, 0.3) is 16.3 Å². The Labute approximate surface area is 107 Å². The van der Waals surface area contributed by atoms with Crippen molar-refractivity contribution >= 4 is 22.1 Å². The SMILES string of the molecule is C=CC/C(=C\C(C)=O)c1ccc2ccccc2c1. The van der Waals surface area contributed by atoms with Crippen molar-refractivity contribution in [2.24, 2.45) is 0 Å². The van der Waals surface area contributed by atoms with E-state index in [0.29, 0.717) is 6.42 Å². The summed E-state index contributed by atoms with van der Waals surface area (Å²) < 4.78 is 0. The van der Waals surface area contributed by atoms with Gasteiger partial charge in [0.05, 0.1) is 0 Å². The van der Waals surface area contributed by atoms with Gasteiger partial charge < -0.3 is 0 Å². The average Bonchev–Trinajstić information content (AvgIpc) is 2.37. The molecular formula is C17H16O. The molecular weight excluding hydrogens is 220 g/mol. The molecule has 0 radical (unpaired) electrons. The minimum Gasteiger partial charge on any atom is -0.295 e. The van der Waals surface area contributed by atoms with Gasteiger partial charge in [0.15, 0.2) is 5.78 Å². The van der Waals surface area contributed by atoms with E-state index in [0.717, 1.165) is 11.1 Å². The lowest BCUT2D eigenvalue weighted by atomic mass is 9.98. The van der Waals surface area contributed by atoms with Crippen LogP contribution in [-0.2, 0) is 4.79 Å². The predicted octanol–water partition coefficient (Wildman–Crippen LogP) is 4.39. The number of ketones is 1. The van der Waals surface area contributed by atoms with Crippen LogP contribution in [0.3, 0.4) is 0 Å². The number of rotatable bonds is 4. The summed E-state index contributed by atoms with van der Waals surface area (Å²) in [5.74, 6) is 0.0695. The van der Waals surface area contributed by atoms with Crippen molar-refractivity contribution in [2.45, 2.75) is 13.3 Å². The first-order valence-corrected chi connectivity index (χ1v) is 6.02. The van der Waals surface area contributed by atoms with Gasteiger partial charge in [-0.25, -0.2) is 0 Å². The molecule has 0 heterocycles. The summed E-state index contributed by atoms with van der Waals surface area (Å²) in [6.45, 7) is 5.32. The van der Waals surface area contributed by atoms with Gasteiger partial charge in [-0.1, -0.05) is 42.5 Å². The Kier molecular flexibility index (Phi) is 3.73. The molecule has 0 saturated heterocycles. The van der Waals surface area contributed by atoms with Crippen molar-refractivity contribution in [1.82, 2.24) is 0 Å². The summed E-state index contributed by atoms with van der Waals surface area (Å²) >= 11 is 0. The maximum absolute atomic E-state index is 11.3. The van der Waals surface area contributed by atoms with Crippen molar-refractivity contribution in [2.75, 3.05) is 0 Å². The first-order chi connectivity index (χ1) is 8.70. The first-order valence-electron chi connectivity index (χ1n) is 6.02. The lowest BCUT2D eigenvalue weighted by Gasteiger charge is -2.06. The maximum atomic E-state index is 11.3. The molecule has 0 aliphatic heterocycles. The maximum Gasteiger partial charge on any atom is 0.152 e. The van der Waals surface area contributed by atoms with Gasteiger partial charge in [-0.3, -0.25) is 4.79 Å². The van der Waals surface area contributed by atoms with Crippen molar-refractivity contribution in [3.8, 4) is 0 Å². The van der Waals surface area contributed by atoms with Gasteiger partial charge in [-0.15, -0.1) is 6.58 Å². The van der Waals surface area contributed by atoms with Crippen molar-refractivity contribution < 1.29 is 4.79 Å². The molecule has 0 atom stereocenters. The Hall–Kier alpha value is -2.15. The normalized spacial score (nSPS) is 11.5. The van der Waals surface area contributed by atoms with E-state index in [4.69, 9.17) is 0 Å². The van der Waals surface area contributed by atoms with Crippen molar-refractivity contribution in [3.63, 3.8) is 0 Å². The fourth-order valence-electron chi connectivity index (χ4n) is 2.05. The standard InChI is InChI=1S/C17H16O/c1-3-6-15(11-13(2)18)17-10-9-14-7-4-5-8-16(14)12-17/h3-5,7-12H,1,6H2,2H3/b15-11+. The number of carbonyl (C=O) groups is 1. The zero-order chi connectivity index (χ0) is 13.0. The van der Waals surface area contributed by atoms with Crippen LogP contribution in [0.4, 0.5) is 0 Å². The molecule has 0 saturated carbocycles. The largest absolute Gasteiger partial charge is 0.295 e. The van der Waals surface area contributed by atoms with Crippen LogP contribution in [0.2, 0.25) is 0 Å². The fourth-order valence-corrected chi connectivity index (χ4v) is 2.05. The number of allylic oxidation sites excluding steroid dienone is 3. The Bertz CT molecular complexity index is 620. The van der Waals surface area contributed by atoms with E-state index in [2.05, 4.69) is 36.9 Å². The van der Waals surface area contributed by atoms with Crippen LogP contribution in [0.5, 0.6) is 0 Å². The lowest BCUT2D eigenvalue weighted by Crippen LogP contribution is -1.89. The van der Waals surface area contributed by atoms with Gasteiger partial charge >= 0.3 is 0 Å². The molecule has 0 unspecified atom stereocenters. The van der Waals surface area contributed by atoms with Crippen LogP contribution in [0.15, 0.2) is 61.2 Å². The van der Waals surface area contributed by atoms with Crippen LogP contribution in [0, 0.1) is 0 Å². The van der Waals surface area contributed by atoms with Gasteiger partial charge in [-0.2, -0.15) is 0 Å². The third-order valence-electron chi connectivity index (χ3n) is 2.86. The number of hydrogen-bond donors (Lipinski definition) is 0. The fraction of sp³-hybridized carbons (Fsp3) is 0.118. The third kappa shape index (κ3) is 2.75. The Morgan fingerprint density at radius 3 is 2.56 bits per heavy atom. The second kappa shape index (κ2) is 5.46. The number of benzene rings is 2. The highest BCUT2D eigenvalue weighted by Crippen LogP contribution is 2.23. The van der Waals surface area contributed by atoms with E-state index in [9.17, 15) is 4.79 Å². The summed E-state index contributed by atoms with van der Waals surface area (Å²) in [6, 6.07) is 14.5. The monoisotopic (exact) mass is 236 g/mol. The molecule has 0 spiro atoms. The van der Waals surface area contributed by atoms with Gasteiger partial charge in [0.25, 0.3) is 0 Å². The molecule has 2 aromatic rings. The molecule has 0 N–H and O–H groups in total. The van der Waals surface area contributed by atoms with Crippen molar-refractivity contribution in [1.29, 1.82) is 0 Å². The molecule has 2 aromatic carbocycles. The molecule has 0 bridgehead atoms. The van der Waals surface area contributed by atoms with E-state index in [1.807, 2.05) is 18.2 Å². The predicted molar refractivity (Wildman–Crippen MR) is 77.4 cm³/mol. The van der Waals surface area contributed by atoms with Gasteiger partial charge in [-0.05, 0) is 47.4 Å². The Balaban J connectivity index is 2.50. The summed E-state index contributed by atoms with van der Waals surface area (Å²) in [4.78, 5) is 11.3. The molecule has 90 valence electrons. The molecule has 0 fully saturated rings. The second-order valence-corrected chi connectivity index (χ2v) is 4.33. The Morgan fingerprint density at radius 2 is 1.89 bits per heavy atom. The second-order valence-electron chi connectivity index (χ2n) is 4.33. The van der Waals surface area contributed by atoms with E-state index >= 15 is 0 Å². The highest BCUT2D eigenvalue weighted by Gasteiger charge is 2.02. The number of carbonyl (C=O) groups excluding carboxylic acids is 1. The topological polar surface area (TPSA) is 17.1 Å². The van der Waals surface area contributed by atoms with Gasteiger partial charge in [0, 0.05) is 0 Å². The summed E-state index contributed by atoms with van der Waals surface area (Å²) in [5.41, 5.74) is 2.10. The van der Waals surface area contributed by atoms with Crippen LogP contribution in [-0.4, -0.2) is 5.78 Å². The van der Waals surface area contributed by atoms with E-state index in [1.165, 1.54) is 10.8 Å². The highest BCUT2D eigenvalue weighted by atomic mass is 16.1. The molecule has 0 aliphatic rings. The van der Waals surface area contributed by atoms with E-state index < -0.39 is 0 Å². The van der Waals surface area contributed by atoms with Crippen LogP contribution < -0.4 is 0 Å². The number of hydrogen-bond acceptors (Lipinski definition) is 1. The first kappa shape index (κ1) is 12.3. The molecule has 18 heavy (non-hydrogen) atoms. The van der Waals surface area contributed by atoms with E-state index in [-0.39, 0.29) is 5.78 Å². The summed E-state index contributed by atoms with van der Waals surface area (Å²) in [5, 5.41) is 2.40. The van der Waals surface area contributed by atoms with Crippen molar-refractivity contribution in [3.05, 3.63) is 66.8 Å². The molecule has 0 amide bonds. The van der Waals surface area contributed by atoms with Gasteiger partial charge in [0.2, 0.25) is 0 Å². The summed E-state index contributed by atoms with van der Waals surface area (Å²) in [7, 11) is 0. The summed E-state index contributed by atoms with van der Waals surface area (Å²) in [6.07, 6.45) is 4.22. The molecule has 1 nitrogen and oxygen atoms in total. The minimum absolute atomic E-state index is 0.0695. The quantitative estimate of drug-likeness (QED) is 0.568. The van der Waals surface area contributed by atoms with E-state index in [1.54, 1.807) is 13.0 Å². The smallest absolute Gasteiger partial charge is 0.152 e. The van der Waals surface area contributed by atoms with Crippen LogP contribution in [0.1, 0.15) is 18.9 Å². The zero-order valence-corrected chi connectivity index (χ0v) is 10.5. The lowest BCUT2D eigenvalue weighted by molar-refractivity contribution is -0.112. The molecule has 2 rings (SSSR count). The zero-order valence-electron chi connectivity index (χ0n) is 10.5. The Morgan fingerprint density at radius 1 is 1.17 bits per heavy atom. The molecule has 1 heteroatoms. The van der Waals surface area contributed by atoms with Crippen LogP contribution >= 0.6 is 0 Å². The highest BCUT2D eigenvalue weighted by molar-refractivity contribution is 5.96. The molecule has 0 aliphatic carbocycles. The molecule has 0 aromatic heterocycles. The van der Waals surface area contributed by atoms with Gasteiger partial charge in [0.1, 0.15) is 0 Å².